The standard InChI is InChI=1S/C22H34N6.HI/c1-19-24-13-16-27(19)14-7-6-12-25-22(23-2)26-17-21-11-8-15-28(21)18-20-9-4-3-5-10-20;/h3-5,9-10,13,16,21H,6-8,11-12,14-15,17-18H2,1-2H3,(H2,23,25,26);1H. The lowest BCUT2D eigenvalue weighted by atomic mass is 10.2. The van der Waals surface area contributed by atoms with Crippen LogP contribution in [-0.4, -0.2) is 53.1 Å². The molecule has 160 valence electrons. The summed E-state index contributed by atoms with van der Waals surface area (Å²) in [4.78, 5) is 11.2. The summed E-state index contributed by atoms with van der Waals surface area (Å²) in [5.74, 6) is 1.99. The second-order valence-corrected chi connectivity index (χ2v) is 7.51. The number of nitrogens with zero attached hydrogens (tertiary/aromatic N) is 4. The van der Waals surface area contributed by atoms with Crippen LogP contribution in [0.25, 0.3) is 0 Å². The number of halogens is 1. The molecule has 2 heterocycles. The van der Waals surface area contributed by atoms with E-state index >= 15 is 0 Å². The summed E-state index contributed by atoms with van der Waals surface area (Å²) in [5.41, 5.74) is 1.39. The number of aromatic nitrogens is 2. The summed E-state index contributed by atoms with van der Waals surface area (Å²) < 4.78 is 2.20. The number of aryl methyl sites for hydroxylation is 2. The van der Waals surface area contributed by atoms with E-state index in [0.717, 1.165) is 50.8 Å². The van der Waals surface area contributed by atoms with Crippen molar-refractivity contribution in [1.82, 2.24) is 25.1 Å². The molecule has 1 atom stereocenters. The van der Waals surface area contributed by atoms with Crippen LogP contribution in [0.2, 0.25) is 0 Å². The molecule has 0 aliphatic carbocycles. The van der Waals surface area contributed by atoms with E-state index in [9.17, 15) is 0 Å². The van der Waals surface area contributed by atoms with Crippen LogP contribution in [0.3, 0.4) is 0 Å². The van der Waals surface area contributed by atoms with E-state index in [-0.39, 0.29) is 24.0 Å². The molecule has 1 aliphatic heterocycles. The maximum absolute atomic E-state index is 4.38. The molecule has 0 radical (unpaired) electrons. The zero-order valence-electron chi connectivity index (χ0n) is 17.7. The predicted molar refractivity (Wildman–Crippen MR) is 131 cm³/mol. The van der Waals surface area contributed by atoms with Gasteiger partial charge in [0.15, 0.2) is 5.96 Å². The molecule has 0 spiro atoms. The number of nitrogens with one attached hydrogen (secondary N) is 2. The Labute approximate surface area is 192 Å². The summed E-state index contributed by atoms with van der Waals surface area (Å²) in [6, 6.07) is 11.3. The molecule has 0 bridgehead atoms. The smallest absolute Gasteiger partial charge is 0.191 e. The van der Waals surface area contributed by atoms with Crippen LogP contribution in [0.1, 0.15) is 37.1 Å². The lowest BCUT2D eigenvalue weighted by Gasteiger charge is -2.25. The highest BCUT2D eigenvalue weighted by Gasteiger charge is 2.24. The maximum Gasteiger partial charge on any atom is 0.191 e. The lowest BCUT2D eigenvalue weighted by Crippen LogP contribution is -2.44. The van der Waals surface area contributed by atoms with Crippen molar-refractivity contribution in [3.63, 3.8) is 0 Å². The van der Waals surface area contributed by atoms with Crippen LogP contribution in [-0.2, 0) is 13.1 Å². The van der Waals surface area contributed by atoms with Gasteiger partial charge in [-0.15, -0.1) is 24.0 Å². The van der Waals surface area contributed by atoms with Crippen molar-refractivity contribution in [2.24, 2.45) is 4.99 Å². The second-order valence-electron chi connectivity index (χ2n) is 7.51. The molecule has 29 heavy (non-hydrogen) atoms. The van der Waals surface area contributed by atoms with Gasteiger partial charge in [-0.1, -0.05) is 30.3 Å². The number of hydrogen-bond acceptors (Lipinski definition) is 3. The Morgan fingerprint density at radius 1 is 1.21 bits per heavy atom. The molecule has 6 nitrogen and oxygen atoms in total. The first-order chi connectivity index (χ1) is 13.8. The van der Waals surface area contributed by atoms with Gasteiger partial charge in [0, 0.05) is 51.7 Å². The van der Waals surface area contributed by atoms with E-state index in [1.165, 1.54) is 24.9 Å². The molecular formula is C22H35IN6. The molecule has 1 saturated heterocycles. The zero-order valence-corrected chi connectivity index (χ0v) is 20.0. The average molecular weight is 510 g/mol. The number of benzene rings is 1. The van der Waals surface area contributed by atoms with E-state index < -0.39 is 0 Å². The Morgan fingerprint density at radius 2 is 2.03 bits per heavy atom. The van der Waals surface area contributed by atoms with Crippen molar-refractivity contribution in [3.05, 3.63) is 54.1 Å². The third kappa shape index (κ3) is 7.62. The summed E-state index contributed by atoms with van der Waals surface area (Å²) in [5, 5.41) is 6.97. The summed E-state index contributed by atoms with van der Waals surface area (Å²) >= 11 is 0. The largest absolute Gasteiger partial charge is 0.356 e. The Hall–Kier alpha value is -1.61. The van der Waals surface area contributed by atoms with Crippen LogP contribution in [0.5, 0.6) is 0 Å². The van der Waals surface area contributed by atoms with E-state index in [4.69, 9.17) is 0 Å². The average Bonchev–Trinajstić information content (AvgIpc) is 3.33. The van der Waals surface area contributed by atoms with Crippen LogP contribution in [0.15, 0.2) is 47.7 Å². The molecular weight excluding hydrogens is 475 g/mol. The molecule has 1 aromatic heterocycles. The molecule has 1 aliphatic rings. The zero-order chi connectivity index (χ0) is 19.6. The van der Waals surface area contributed by atoms with E-state index in [1.54, 1.807) is 0 Å². The molecule has 3 rings (SSSR count). The lowest BCUT2D eigenvalue weighted by molar-refractivity contribution is 0.245. The highest BCUT2D eigenvalue weighted by molar-refractivity contribution is 14.0. The van der Waals surface area contributed by atoms with Crippen LogP contribution in [0.4, 0.5) is 0 Å². The van der Waals surface area contributed by atoms with Gasteiger partial charge in [-0.25, -0.2) is 4.98 Å². The van der Waals surface area contributed by atoms with Gasteiger partial charge in [-0.05, 0) is 44.7 Å². The highest BCUT2D eigenvalue weighted by Crippen LogP contribution is 2.19. The van der Waals surface area contributed by atoms with Crippen molar-refractivity contribution in [3.8, 4) is 0 Å². The Morgan fingerprint density at radius 3 is 2.76 bits per heavy atom. The van der Waals surface area contributed by atoms with Gasteiger partial charge >= 0.3 is 0 Å². The van der Waals surface area contributed by atoms with E-state index in [2.05, 4.69) is 60.4 Å². The number of hydrogen-bond donors (Lipinski definition) is 2. The van der Waals surface area contributed by atoms with Crippen molar-refractivity contribution < 1.29 is 0 Å². The number of unbranched alkanes of at least 4 members (excludes halogenated alkanes) is 1. The molecule has 7 heteroatoms. The summed E-state index contributed by atoms with van der Waals surface area (Å²) in [6.07, 6.45) is 8.69. The number of likely N-dealkylation sites (tertiary alicyclic amines) is 1. The number of guanidine groups is 1. The van der Waals surface area contributed by atoms with Crippen molar-refractivity contribution in [2.45, 2.75) is 51.7 Å². The molecule has 1 aromatic carbocycles. The number of aliphatic imine (C=N–C) groups is 1. The minimum Gasteiger partial charge on any atom is -0.356 e. The van der Waals surface area contributed by atoms with Gasteiger partial charge in [-0.2, -0.15) is 0 Å². The fourth-order valence-electron chi connectivity index (χ4n) is 3.84. The molecule has 1 fully saturated rings. The third-order valence-corrected chi connectivity index (χ3v) is 5.50. The van der Waals surface area contributed by atoms with Gasteiger partial charge in [0.2, 0.25) is 0 Å². The molecule has 0 saturated carbocycles. The van der Waals surface area contributed by atoms with E-state index in [1.807, 2.05) is 26.4 Å². The first-order valence-corrected chi connectivity index (χ1v) is 10.5. The van der Waals surface area contributed by atoms with Crippen LogP contribution >= 0.6 is 24.0 Å². The quantitative estimate of drug-likeness (QED) is 0.235. The van der Waals surface area contributed by atoms with E-state index in [0.29, 0.717) is 6.04 Å². The number of rotatable bonds is 9. The Kier molecular flexibility index (Phi) is 10.5. The highest BCUT2D eigenvalue weighted by atomic mass is 127. The second kappa shape index (κ2) is 12.8. The first-order valence-electron chi connectivity index (χ1n) is 10.5. The fourth-order valence-corrected chi connectivity index (χ4v) is 3.84. The van der Waals surface area contributed by atoms with Crippen molar-refractivity contribution in [1.29, 1.82) is 0 Å². The van der Waals surface area contributed by atoms with Gasteiger partial charge in [0.05, 0.1) is 0 Å². The summed E-state index contributed by atoms with van der Waals surface area (Å²) in [6.45, 7) is 7.17. The van der Waals surface area contributed by atoms with Gasteiger partial charge in [0.1, 0.15) is 5.82 Å². The Balaban J connectivity index is 0.00000300. The fraction of sp³-hybridized carbons (Fsp3) is 0.545. The predicted octanol–water partition coefficient (Wildman–Crippen LogP) is 3.42. The minimum absolute atomic E-state index is 0. The molecule has 0 amide bonds. The van der Waals surface area contributed by atoms with Crippen LogP contribution in [0, 0.1) is 6.92 Å². The minimum atomic E-state index is 0. The molecule has 1 unspecified atom stereocenters. The van der Waals surface area contributed by atoms with Crippen LogP contribution < -0.4 is 10.6 Å². The maximum atomic E-state index is 4.38. The van der Waals surface area contributed by atoms with Gasteiger partial charge in [-0.3, -0.25) is 9.89 Å². The van der Waals surface area contributed by atoms with Gasteiger partial charge in [0.25, 0.3) is 0 Å². The van der Waals surface area contributed by atoms with Crippen molar-refractivity contribution in [2.75, 3.05) is 26.7 Å². The normalized spacial score (nSPS) is 17.2. The Bertz CT molecular complexity index is 730. The van der Waals surface area contributed by atoms with Gasteiger partial charge < -0.3 is 15.2 Å². The summed E-state index contributed by atoms with van der Waals surface area (Å²) in [7, 11) is 1.85. The SMILES string of the molecule is CN=C(NCCCCn1ccnc1C)NCC1CCCN1Cc1ccccc1.I. The third-order valence-electron chi connectivity index (χ3n) is 5.50. The number of imidazole rings is 1. The first kappa shape index (κ1) is 23.7. The molecule has 2 aromatic rings. The van der Waals surface area contributed by atoms with Crippen molar-refractivity contribution >= 4 is 29.9 Å². The molecule has 2 N–H and O–H groups in total. The monoisotopic (exact) mass is 510 g/mol. The topological polar surface area (TPSA) is 57.5 Å².